The number of nitrogens with zero attached hydrogens (tertiary/aromatic N) is 6. The first kappa shape index (κ1) is 41.5. The van der Waals surface area contributed by atoms with E-state index in [9.17, 15) is 0 Å². The summed E-state index contributed by atoms with van der Waals surface area (Å²) in [5, 5.41) is 3.37. The van der Waals surface area contributed by atoms with Crippen LogP contribution in [0.2, 0.25) is 10.0 Å². The fourth-order valence-corrected chi connectivity index (χ4v) is 9.27. The monoisotopic (exact) mass is 912 g/mol. The van der Waals surface area contributed by atoms with Gasteiger partial charge >= 0.3 is 0 Å². The van der Waals surface area contributed by atoms with E-state index in [1.165, 1.54) is 11.1 Å². The molecule has 2 aliphatic rings. The fourth-order valence-electron chi connectivity index (χ4n) is 8.68. The molecule has 0 atom stereocenters. The summed E-state index contributed by atoms with van der Waals surface area (Å²) in [4.78, 5) is 18.4. The average Bonchev–Trinajstić information content (AvgIpc) is 4.19. The van der Waals surface area contributed by atoms with Crippen molar-refractivity contribution in [2.75, 3.05) is 26.7 Å². The van der Waals surface area contributed by atoms with Gasteiger partial charge in [-0.2, -0.15) is 0 Å². The van der Waals surface area contributed by atoms with E-state index in [2.05, 4.69) is 56.3 Å². The Morgan fingerprint density at radius 2 is 0.879 bits per heavy atom. The molecule has 4 aromatic heterocycles. The van der Waals surface area contributed by atoms with Crippen molar-refractivity contribution < 1.29 is 18.9 Å². The lowest BCUT2D eigenvalue weighted by Gasteiger charge is -2.11. The predicted octanol–water partition coefficient (Wildman–Crippen LogP) is 11.0. The van der Waals surface area contributed by atoms with Crippen molar-refractivity contribution in [3.8, 4) is 56.6 Å². The summed E-state index contributed by atoms with van der Waals surface area (Å²) in [6.07, 6.45) is 10.9. The Morgan fingerprint density at radius 1 is 0.455 bits per heavy atom. The average molecular weight is 914 g/mol. The summed E-state index contributed by atoms with van der Waals surface area (Å²) in [6.45, 7) is 1.84. The number of benzene rings is 6. The third kappa shape index (κ3) is 7.77. The van der Waals surface area contributed by atoms with E-state index >= 15 is 0 Å². The highest BCUT2D eigenvalue weighted by Gasteiger charge is 2.19. The van der Waals surface area contributed by atoms with Crippen LogP contribution in [-0.2, 0) is 12.8 Å². The molecule has 6 heterocycles. The Balaban J connectivity index is 0.000000146. The highest BCUT2D eigenvalue weighted by Crippen LogP contribution is 2.40. The minimum atomic E-state index is 0.256. The summed E-state index contributed by atoms with van der Waals surface area (Å²) in [6, 6.07) is 36.8. The van der Waals surface area contributed by atoms with Gasteiger partial charge in [-0.25, -0.2) is 9.97 Å². The lowest BCUT2D eigenvalue weighted by Crippen LogP contribution is -2.01. The van der Waals surface area contributed by atoms with Crippen molar-refractivity contribution in [3.05, 3.63) is 155 Å². The van der Waals surface area contributed by atoms with Gasteiger partial charge in [0.05, 0.1) is 55.9 Å². The molecule has 12 rings (SSSR count). The second-order valence-corrected chi connectivity index (χ2v) is 17.0. The van der Waals surface area contributed by atoms with E-state index in [-0.39, 0.29) is 13.6 Å². The summed E-state index contributed by atoms with van der Waals surface area (Å²) in [5.74, 6) is 3.06. The Labute approximate surface area is 389 Å². The molecule has 2 aliphatic heterocycles. The van der Waals surface area contributed by atoms with E-state index in [1.807, 2.05) is 81.9 Å². The van der Waals surface area contributed by atoms with Gasteiger partial charge in [0.25, 0.3) is 0 Å². The van der Waals surface area contributed by atoms with Crippen molar-refractivity contribution in [1.29, 1.82) is 0 Å². The number of hydrogen-bond acceptors (Lipinski definition) is 10. The topological polar surface area (TPSA) is 150 Å². The molecule has 0 spiro atoms. The SMILES string of the molecule is NCCCc1ccc(-n2cnc3cnc4ccc(-c5ccc6c(c5)OCO6)cc4c32)c(Cl)c1.NCCCc1ccc(-n2cnc3cnc4ccc(-c5ccc6c(c5)OCO6)cc4c32)c(Cl)c1. The van der Waals surface area contributed by atoms with Gasteiger partial charge in [0.2, 0.25) is 13.6 Å². The van der Waals surface area contributed by atoms with Gasteiger partial charge in [0, 0.05) is 10.8 Å². The number of fused-ring (bicyclic) bond motifs is 8. The lowest BCUT2D eigenvalue weighted by atomic mass is 10.0. The quantitative estimate of drug-likeness (QED) is 0.136. The van der Waals surface area contributed by atoms with Crippen LogP contribution in [0.25, 0.3) is 77.5 Å². The first-order valence-electron chi connectivity index (χ1n) is 21.7. The molecule has 66 heavy (non-hydrogen) atoms. The maximum absolute atomic E-state index is 6.71. The number of hydrogen-bond donors (Lipinski definition) is 2. The number of ether oxygens (including phenoxy) is 4. The van der Waals surface area contributed by atoms with Gasteiger partial charge in [0.15, 0.2) is 23.0 Å². The number of aromatic nitrogens is 6. The highest BCUT2D eigenvalue weighted by atomic mass is 35.5. The number of pyridine rings is 2. The Morgan fingerprint density at radius 3 is 1.32 bits per heavy atom. The number of halogens is 2. The summed E-state index contributed by atoms with van der Waals surface area (Å²) < 4.78 is 26.1. The first-order valence-corrected chi connectivity index (χ1v) is 22.5. The Hall–Kier alpha value is -7.22. The van der Waals surface area contributed by atoms with Crippen LogP contribution in [0.3, 0.4) is 0 Å². The molecular weight excluding hydrogens is 872 g/mol. The van der Waals surface area contributed by atoms with E-state index in [4.69, 9.17) is 53.6 Å². The van der Waals surface area contributed by atoms with Gasteiger partial charge in [-0.3, -0.25) is 19.1 Å². The molecule has 0 aliphatic carbocycles. The van der Waals surface area contributed by atoms with Gasteiger partial charge in [-0.1, -0.05) is 59.6 Å². The maximum Gasteiger partial charge on any atom is 0.231 e. The minimum Gasteiger partial charge on any atom is -0.454 e. The summed E-state index contributed by atoms with van der Waals surface area (Å²) in [7, 11) is 0. The zero-order valence-electron chi connectivity index (χ0n) is 35.6. The molecule has 6 aromatic carbocycles. The van der Waals surface area contributed by atoms with E-state index < -0.39 is 0 Å². The number of aryl methyl sites for hydroxylation is 2. The zero-order chi connectivity index (χ0) is 44.7. The standard InChI is InChI=1S/2C26H21ClN4O2/c2*27-20-10-16(2-1-9-28)3-7-23(20)31-14-30-22-13-29-21-6-4-17(11-19(21)26(22)31)18-5-8-24-25(12-18)33-15-32-24/h2*3-8,10-14H,1-2,9,15,28H2. The largest absolute Gasteiger partial charge is 0.454 e. The van der Waals surface area contributed by atoms with Gasteiger partial charge in [0.1, 0.15) is 23.7 Å². The second kappa shape index (κ2) is 17.6. The van der Waals surface area contributed by atoms with Crippen LogP contribution in [0.5, 0.6) is 23.0 Å². The fraction of sp³-hybridized carbons (Fsp3) is 0.154. The van der Waals surface area contributed by atoms with Crippen LogP contribution in [0, 0.1) is 0 Å². The minimum absolute atomic E-state index is 0.256. The molecule has 328 valence electrons. The van der Waals surface area contributed by atoms with Gasteiger partial charge in [-0.15, -0.1) is 0 Å². The van der Waals surface area contributed by atoms with E-state index in [0.717, 1.165) is 126 Å². The third-order valence-corrected chi connectivity index (χ3v) is 12.6. The second-order valence-electron chi connectivity index (χ2n) is 16.2. The Kier molecular flexibility index (Phi) is 11.1. The van der Waals surface area contributed by atoms with Gasteiger partial charge in [-0.05, 0) is 145 Å². The number of imidazole rings is 2. The third-order valence-electron chi connectivity index (χ3n) is 12.0. The molecule has 0 saturated heterocycles. The smallest absolute Gasteiger partial charge is 0.231 e. The van der Waals surface area contributed by atoms with Crippen molar-refractivity contribution in [3.63, 3.8) is 0 Å². The van der Waals surface area contributed by atoms with E-state index in [0.29, 0.717) is 23.1 Å². The van der Waals surface area contributed by atoms with Crippen molar-refractivity contribution in [2.24, 2.45) is 11.5 Å². The van der Waals surface area contributed by atoms with Crippen LogP contribution in [0.15, 0.2) is 134 Å². The molecule has 10 aromatic rings. The number of nitrogens with two attached hydrogens (primary N) is 2. The molecule has 0 radical (unpaired) electrons. The maximum atomic E-state index is 6.71. The first-order chi connectivity index (χ1) is 32.4. The van der Waals surface area contributed by atoms with Crippen molar-refractivity contribution >= 4 is 67.1 Å². The molecule has 4 N–H and O–H groups in total. The molecule has 0 unspecified atom stereocenters. The zero-order valence-corrected chi connectivity index (χ0v) is 37.1. The number of rotatable bonds is 10. The van der Waals surface area contributed by atoms with Crippen molar-refractivity contribution in [2.45, 2.75) is 25.7 Å². The molecule has 0 saturated carbocycles. The molecule has 12 nitrogen and oxygen atoms in total. The normalized spacial score (nSPS) is 12.7. The van der Waals surface area contributed by atoms with Crippen LogP contribution in [0.4, 0.5) is 0 Å². The molecule has 0 amide bonds. The summed E-state index contributed by atoms with van der Waals surface area (Å²) in [5.41, 5.74) is 25.0. The lowest BCUT2D eigenvalue weighted by molar-refractivity contribution is 0.173. The molecule has 14 heteroatoms. The molecular formula is C52H42Cl2N8O4. The van der Waals surface area contributed by atoms with E-state index in [1.54, 1.807) is 25.0 Å². The van der Waals surface area contributed by atoms with Crippen LogP contribution in [0.1, 0.15) is 24.0 Å². The van der Waals surface area contributed by atoms with Crippen LogP contribution < -0.4 is 30.4 Å². The predicted molar refractivity (Wildman–Crippen MR) is 261 cm³/mol. The highest BCUT2D eigenvalue weighted by molar-refractivity contribution is 6.33. The Bertz CT molecular complexity index is 3250. The van der Waals surface area contributed by atoms with Gasteiger partial charge < -0.3 is 30.4 Å². The molecule has 0 bridgehead atoms. The van der Waals surface area contributed by atoms with Crippen molar-refractivity contribution in [1.82, 2.24) is 29.1 Å². The van der Waals surface area contributed by atoms with Crippen LogP contribution in [-0.4, -0.2) is 55.7 Å². The molecule has 0 fully saturated rings. The van der Waals surface area contributed by atoms with Crippen LogP contribution >= 0.6 is 23.2 Å². The summed E-state index contributed by atoms with van der Waals surface area (Å²) >= 11 is 13.4.